The molecule has 19 heavy (non-hydrogen) atoms. The number of carbonyl (C=O) groups is 1. The van der Waals surface area contributed by atoms with E-state index in [1.807, 2.05) is 0 Å². The van der Waals surface area contributed by atoms with Crippen LogP contribution in [0.25, 0.3) is 11.1 Å². The second-order valence-electron chi connectivity index (χ2n) is 4.00. The highest BCUT2D eigenvalue weighted by Gasteiger charge is 2.15. The SMILES string of the molecule is CC(=O)c1ccc(F)c(-c2cc(F)c(F)c(F)c2)c1. The predicted molar refractivity (Wildman–Crippen MR) is 61.7 cm³/mol. The molecule has 0 aromatic heterocycles. The maximum atomic E-state index is 13.6. The summed E-state index contributed by atoms with van der Waals surface area (Å²) in [5.41, 5.74) is -0.135. The summed E-state index contributed by atoms with van der Waals surface area (Å²) in [6.45, 7) is 1.28. The van der Waals surface area contributed by atoms with Gasteiger partial charge in [-0.05, 0) is 42.8 Å². The lowest BCUT2D eigenvalue weighted by atomic mass is 10.0. The maximum Gasteiger partial charge on any atom is 0.194 e. The van der Waals surface area contributed by atoms with Gasteiger partial charge in [-0.25, -0.2) is 17.6 Å². The van der Waals surface area contributed by atoms with E-state index in [4.69, 9.17) is 0 Å². The first-order chi connectivity index (χ1) is 8.90. The van der Waals surface area contributed by atoms with Gasteiger partial charge in [0.1, 0.15) is 5.82 Å². The highest BCUT2D eigenvalue weighted by Crippen LogP contribution is 2.27. The van der Waals surface area contributed by atoms with Gasteiger partial charge in [-0.2, -0.15) is 0 Å². The largest absolute Gasteiger partial charge is 0.295 e. The van der Waals surface area contributed by atoms with Crippen molar-refractivity contribution >= 4 is 5.78 Å². The molecule has 0 amide bonds. The lowest BCUT2D eigenvalue weighted by molar-refractivity contribution is 0.101. The zero-order valence-corrected chi connectivity index (χ0v) is 9.81. The Morgan fingerprint density at radius 2 is 1.47 bits per heavy atom. The number of ketones is 1. The number of benzene rings is 2. The Hall–Kier alpha value is -2.17. The molecule has 98 valence electrons. The number of hydrogen-bond donors (Lipinski definition) is 0. The van der Waals surface area contributed by atoms with Gasteiger partial charge in [0.15, 0.2) is 23.2 Å². The summed E-state index contributed by atoms with van der Waals surface area (Å²) in [6, 6.07) is 4.81. The van der Waals surface area contributed by atoms with Crippen molar-refractivity contribution in [2.45, 2.75) is 6.92 Å². The Kier molecular flexibility index (Phi) is 3.38. The van der Waals surface area contributed by atoms with Crippen LogP contribution in [-0.4, -0.2) is 5.78 Å². The van der Waals surface area contributed by atoms with Crippen molar-refractivity contribution in [2.24, 2.45) is 0 Å². The van der Waals surface area contributed by atoms with Crippen LogP contribution in [0.2, 0.25) is 0 Å². The first-order valence-electron chi connectivity index (χ1n) is 5.35. The summed E-state index contributed by atoms with van der Waals surface area (Å²) in [5, 5.41) is 0. The summed E-state index contributed by atoms with van der Waals surface area (Å²) in [5.74, 6) is -5.52. The van der Waals surface area contributed by atoms with Gasteiger partial charge in [0.2, 0.25) is 0 Å². The van der Waals surface area contributed by atoms with Crippen molar-refractivity contribution in [3.8, 4) is 11.1 Å². The van der Waals surface area contributed by atoms with E-state index in [1.165, 1.54) is 19.1 Å². The van der Waals surface area contributed by atoms with E-state index in [0.717, 1.165) is 6.07 Å². The van der Waals surface area contributed by atoms with Crippen LogP contribution in [0.15, 0.2) is 30.3 Å². The van der Waals surface area contributed by atoms with Crippen molar-refractivity contribution in [3.63, 3.8) is 0 Å². The molecule has 2 rings (SSSR count). The van der Waals surface area contributed by atoms with Crippen LogP contribution in [0.3, 0.4) is 0 Å². The number of halogens is 4. The zero-order chi connectivity index (χ0) is 14.2. The van der Waals surface area contributed by atoms with Crippen molar-refractivity contribution in [3.05, 3.63) is 59.2 Å². The second-order valence-corrected chi connectivity index (χ2v) is 4.00. The van der Waals surface area contributed by atoms with Crippen LogP contribution >= 0.6 is 0 Å². The van der Waals surface area contributed by atoms with Crippen LogP contribution in [-0.2, 0) is 0 Å². The topological polar surface area (TPSA) is 17.1 Å². The third-order valence-corrected chi connectivity index (χ3v) is 2.67. The van der Waals surface area contributed by atoms with Gasteiger partial charge >= 0.3 is 0 Å². The molecule has 2 aromatic carbocycles. The van der Waals surface area contributed by atoms with Gasteiger partial charge in [-0.1, -0.05) is 0 Å². The molecule has 1 nitrogen and oxygen atoms in total. The highest BCUT2D eigenvalue weighted by atomic mass is 19.2. The van der Waals surface area contributed by atoms with Crippen molar-refractivity contribution in [2.75, 3.05) is 0 Å². The Morgan fingerprint density at radius 1 is 0.895 bits per heavy atom. The van der Waals surface area contributed by atoms with E-state index in [0.29, 0.717) is 12.1 Å². The number of rotatable bonds is 2. The summed E-state index contributed by atoms with van der Waals surface area (Å²) in [7, 11) is 0. The minimum atomic E-state index is -1.62. The third kappa shape index (κ3) is 2.50. The van der Waals surface area contributed by atoms with Crippen LogP contribution in [0.5, 0.6) is 0 Å². The Labute approximate surface area is 106 Å². The average molecular weight is 268 g/mol. The fourth-order valence-electron chi connectivity index (χ4n) is 1.68. The minimum absolute atomic E-state index is 0.162. The molecule has 0 spiro atoms. The lowest BCUT2D eigenvalue weighted by Crippen LogP contribution is -1.97. The molecular formula is C14H8F4O. The normalized spacial score (nSPS) is 10.6. The molecule has 0 aliphatic carbocycles. The van der Waals surface area contributed by atoms with Gasteiger partial charge in [0.25, 0.3) is 0 Å². The minimum Gasteiger partial charge on any atom is -0.295 e. The summed E-state index contributed by atoms with van der Waals surface area (Å²) < 4.78 is 52.7. The Balaban J connectivity index is 2.64. The van der Waals surface area contributed by atoms with E-state index in [-0.39, 0.29) is 22.5 Å². The van der Waals surface area contributed by atoms with Crippen molar-refractivity contribution in [1.29, 1.82) is 0 Å². The average Bonchev–Trinajstić information content (AvgIpc) is 2.35. The molecule has 0 saturated heterocycles. The summed E-state index contributed by atoms with van der Waals surface area (Å²) in [6.07, 6.45) is 0. The predicted octanol–water partition coefficient (Wildman–Crippen LogP) is 4.11. The summed E-state index contributed by atoms with van der Waals surface area (Å²) >= 11 is 0. The van der Waals surface area contributed by atoms with Crippen LogP contribution in [0, 0.1) is 23.3 Å². The second kappa shape index (κ2) is 4.84. The van der Waals surface area contributed by atoms with Crippen molar-refractivity contribution in [1.82, 2.24) is 0 Å². The number of carbonyl (C=O) groups excluding carboxylic acids is 1. The van der Waals surface area contributed by atoms with Crippen LogP contribution in [0.1, 0.15) is 17.3 Å². The fraction of sp³-hybridized carbons (Fsp3) is 0.0714. The Morgan fingerprint density at radius 3 is 2.00 bits per heavy atom. The molecule has 0 heterocycles. The molecule has 5 heteroatoms. The molecule has 0 atom stereocenters. The van der Waals surface area contributed by atoms with Crippen LogP contribution < -0.4 is 0 Å². The molecule has 0 saturated carbocycles. The first kappa shape index (κ1) is 13.3. The van der Waals surface area contributed by atoms with Crippen LogP contribution in [0.4, 0.5) is 17.6 Å². The van der Waals surface area contributed by atoms with Gasteiger partial charge in [-0.3, -0.25) is 4.79 Å². The molecule has 0 N–H and O–H groups in total. The molecule has 0 bridgehead atoms. The number of Topliss-reactive ketones (excluding diaryl/α,β-unsaturated/α-hetero) is 1. The Bertz CT molecular complexity index is 641. The van der Waals surface area contributed by atoms with Gasteiger partial charge in [0, 0.05) is 11.1 Å². The molecular weight excluding hydrogens is 260 g/mol. The fourth-order valence-corrected chi connectivity index (χ4v) is 1.68. The van der Waals surface area contributed by atoms with Gasteiger partial charge in [-0.15, -0.1) is 0 Å². The lowest BCUT2D eigenvalue weighted by Gasteiger charge is -2.07. The highest BCUT2D eigenvalue weighted by molar-refractivity contribution is 5.95. The van der Waals surface area contributed by atoms with Gasteiger partial charge < -0.3 is 0 Å². The molecule has 2 aromatic rings. The molecule has 0 aliphatic rings. The van der Waals surface area contributed by atoms with E-state index in [9.17, 15) is 22.4 Å². The monoisotopic (exact) mass is 268 g/mol. The quantitative estimate of drug-likeness (QED) is 0.455. The summed E-state index contributed by atoms with van der Waals surface area (Å²) in [4.78, 5) is 11.2. The van der Waals surface area contributed by atoms with Gasteiger partial charge in [0.05, 0.1) is 0 Å². The number of hydrogen-bond acceptors (Lipinski definition) is 1. The third-order valence-electron chi connectivity index (χ3n) is 2.67. The zero-order valence-electron chi connectivity index (χ0n) is 9.81. The van der Waals surface area contributed by atoms with E-state index in [2.05, 4.69) is 0 Å². The maximum absolute atomic E-state index is 13.6. The van der Waals surface area contributed by atoms with E-state index in [1.54, 1.807) is 0 Å². The standard InChI is InChI=1S/C14H8F4O/c1-7(19)8-2-3-11(15)10(4-8)9-5-12(16)14(18)13(17)6-9/h2-6H,1H3. The van der Waals surface area contributed by atoms with E-state index >= 15 is 0 Å². The molecule has 0 unspecified atom stereocenters. The molecule has 0 radical (unpaired) electrons. The molecule has 0 fully saturated rings. The molecule has 0 aliphatic heterocycles. The van der Waals surface area contributed by atoms with E-state index < -0.39 is 23.3 Å². The first-order valence-corrected chi connectivity index (χ1v) is 5.35. The van der Waals surface area contributed by atoms with Crippen molar-refractivity contribution < 1.29 is 22.4 Å². The smallest absolute Gasteiger partial charge is 0.194 e.